The number of benzene rings is 1. The van der Waals surface area contributed by atoms with Crippen molar-refractivity contribution >= 4 is 6.03 Å². The van der Waals surface area contributed by atoms with E-state index >= 15 is 0 Å². The number of rotatable bonds is 6. The predicted molar refractivity (Wildman–Crippen MR) is 107 cm³/mol. The lowest BCUT2D eigenvalue weighted by molar-refractivity contribution is 0.136. The first-order chi connectivity index (χ1) is 13.2. The highest BCUT2D eigenvalue weighted by molar-refractivity contribution is 5.74. The summed E-state index contributed by atoms with van der Waals surface area (Å²) in [5.41, 5.74) is 1.24. The zero-order chi connectivity index (χ0) is 19.1. The highest BCUT2D eigenvalue weighted by atomic mass is 16.5. The first-order valence-corrected chi connectivity index (χ1v) is 10.2. The van der Waals surface area contributed by atoms with E-state index in [1.165, 1.54) is 24.8 Å². The molecule has 0 bridgehead atoms. The number of nitrogens with one attached hydrogen (secondary N) is 1. The fourth-order valence-corrected chi connectivity index (χ4v) is 4.01. The van der Waals surface area contributed by atoms with Crippen LogP contribution in [0.4, 0.5) is 4.79 Å². The number of carbonyl (C=O) groups is 1. The standard InChI is InChI=1S/C21H33N3O3/c1-26-19-9-8-17(16-20(19)27-2)10-11-23-12-14-24(15-13-23)21(25)22-18-6-4-3-5-7-18/h8-9,16,18H,3-7,10-15H2,1-2H3,(H,22,25). The number of amides is 2. The molecule has 0 spiro atoms. The van der Waals surface area contributed by atoms with Gasteiger partial charge in [-0.1, -0.05) is 25.3 Å². The number of urea groups is 1. The number of piperazine rings is 1. The van der Waals surface area contributed by atoms with Gasteiger partial charge in [-0.3, -0.25) is 4.90 Å². The van der Waals surface area contributed by atoms with Crippen LogP contribution < -0.4 is 14.8 Å². The molecule has 2 fully saturated rings. The van der Waals surface area contributed by atoms with E-state index in [0.29, 0.717) is 6.04 Å². The Morgan fingerprint density at radius 3 is 2.41 bits per heavy atom. The summed E-state index contributed by atoms with van der Waals surface area (Å²) in [5, 5.41) is 3.23. The molecule has 1 saturated heterocycles. The average Bonchev–Trinajstić information content (AvgIpc) is 2.73. The van der Waals surface area contributed by atoms with Crippen LogP contribution in [0.2, 0.25) is 0 Å². The summed E-state index contributed by atoms with van der Waals surface area (Å²) in [5.74, 6) is 1.54. The van der Waals surface area contributed by atoms with Crippen LogP contribution in [0.1, 0.15) is 37.7 Å². The van der Waals surface area contributed by atoms with Crippen molar-refractivity contribution in [2.24, 2.45) is 0 Å². The summed E-state index contributed by atoms with van der Waals surface area (Å²) >= 11 is 0. The highest BCUT2D eigenvalue weighted by Crippen LogP contribution is 2.27. The number of carbonyl (C=O) groups excluding carboxylic acids is 1. The highest BCUT2D eigenvalue weighted by Gasteiger charge is 2.23. The summed E-state index contributed by atoms with van der Waals surface area (Å²) in [7, 11) is 3.32. The minimum absolute atomic E-state index is 0.126. The van der Waals surface area contributed by atoms with E-state index < -0.39 is 0 Å². The van der Waals surface area contributed by atoms with Crippen molar-refractivity contribution in [2.75, 3.05) is 46.9 Å². The molecule has 0 unspecified atom stereocenters. The number of nitrogens with zero attached hydrogens (tertiary/aromatic N) is 2. The van der Waals surface area contributed by atoms with Crippen LogP contribution >= 0.6 is 0 Å². The van der Waals surface area contributed by atoms with Crippen molar-refractivity contribution in [1.29, 1.82) is 0 Å². The number of ether oxygens (including phenoxy) is 2. The van der Waals surface area contributed by atoms with Gasteiger partial charge >= 0.3 is 6.03 Å². The lowest BCUT2D eigenvalue weighted by Crippen LogP contribution is -2.53. The van der Waals surface area contributed by atoms with E-state index in [9.17, 15) is 4.79 Å². The predicted octanol–water partition coefficient (Wildman–Crippen LogP) is 2.91. The molecule has 1 heterocycles. The van der Waals surface area contributed by atoms with Gasteiger partial charge in [-0.05, 0) is 37.0 Å². The number of hydrogen-bond donors (Lipinski definition) is 1. The van der Waals surface area contributed by atoms with Gasteiger partial charge in [0.15, 0.2) is 11.5 Å². The van der Waals surface area contributed by atoms with E-state index in [4.69, 9.17) is 9.47 Å². The molecule has 1 aliphatic carbocycles. The molecule has 0 radical (unpaired) electrons. The van der Waals surface area contributed by atoms with Crippen molar-refractivity contribution < 1.29 is 14.3 Å². The van der Waals surface area contributed by atoms with E-state index in [2.05, 4.69) is 16.3 Å². The third-order valence-corrected chi connectivity index (χ3v) is 5.76. The smallest absolute Gasteiger partial charge is 0.317 e. The van der Waals surface area contributed by atoms with Crippen molar-refractivity contribution in [1.82, 2.24) is 15.1 Å². The molecule has 1 aliphatic heterocycles. The lowest BCUT2D eigenvalue weighted by Gasteiger charge is -2.36. The second-order valence-corrected chi connectivity index (χ2v) is 7.55. The molecular formula is C21H33N3O3. The zero-order valence-electron chi connectivity index (χ0n) is 16.7. The van der Waals surface area contributed by atoms with Gasteiger partial charge in [0, 0.05) is 38.8 Å². The summed E-state index contributed by atoms with van der Waals surface area (Å²) in [6.45, 7) is 4.49. The van der Waals surface area contributed by atoms with Crippen molar-refractivity contribution in [2.45, 2.75) is 44.6 Å². The van der Waals surface area contributed by atoms with Crippen molar-refractivity contribution in [3.8, 4) is 11.5 Å². The maximum Gasteiger partial charge on any atom is 0.317 e. The van der Waals surface area contributed by atoms with Gasteiger partial charge in [0.25, 0.3) is 0 Å². The van der Waals surface area contributed by atoms with Gasteiger partial charge in [0.2, 0.25) is 0 Å². The van der Waals surface area contributed by atoms with Gasteiger partial charge in [-0.25, -0.2) is 4.79 Å². The molecule has 1 aromatic carbocycles. The molecule has 6 nitrogen and oxygen atoms in total. The molecule has 150 valence electrons. The lowest BCUT2D eigenvalue weighted by atomic mass is 9.96. The van der Waals surface area contributed by atoms with Crippen LogP contribution in [0.5, 0.6) is 11.5 Å². The second kappa shape index (κ2) is 9.83. The molecule has 3 rings (SSSR count). The molecule has 2 amide bonds. The van der Waals surface area contributed by atoms with E-state index in [1.807, 2.05) is 17.0 Å². The normalized spacial score (nSPS) is 19.0. The Balaban J connectivity index is 1.41. The molecule has 0 atom stereocenters. The van der Waals surface area contributed by atoms with E-state index in [1.54, 1.807) is 14.2 Å². The maximum atomic E-state index is 12.5. The van der Waals surface area contributed by atoms with Crippen LogP contribution in [-0.4, -0.2) is 68.8 Å². The van der Waals surface area contributed by atoms with E-state index in [-0.39, 0.29) is 6.03 Å². The largest absolute Gasteiger partial charge is 0.493 e. The van der Waals surface area contributed by atoms with E-state index in [0.717, 1.165) is 63.5 Å². The van der Waals surface area contributed by atoms with Crippen LogP contribution in [0, 0.1) is 0 Å². The molecule has 6 heteroatoms. The molecule has 1 saturated carbocycles. The van der Waals surface area contributed by atoms with Gasteiger partial charge in [0.1, 0.15) is 0 Å². The maximum absolute atomic E-state index is 12.5. The van der Waals surface area contributed by atoms with Crippen molar-refractivity contribution in [3.05, 3.63) is 23.8 Å². The van der Waals surface area contributed by atoms with Gasteiger partial charge < -0.3 is 19.7 Å². The third kappa shape index (κ3) is 5.51. The summed E-state index contributed by atoms with van der Waals surface area (Å²) in [4.78, 5) is 16.9. The Labute approximate surface area is 162 Å². The minimum atomic E-state index is 0.126. The average molecular weight is 376 g/mol. The second-order valence-electron chi connectivity index (χ2n) is 7.55. The Bertz CT molecular complexity index is 609. The summed E-state index contributed by atoms with van der Waals surface area (Å²) in [6.07, 6.45) is 7.04. The molecule has 27 heavy (non-hydrogen) atoms. The first-order valence-electron chi connectivity index (χ1n) is 10.2. The molecular weight excluding hydrogens is 342 g/mol. The van der Waals surface area contributed by atoms with Gasteiger partial charge in [-0.2, -0.15) is 0 Å². The Morgan fingerprint density at radius 1 is 1.04 bits per heavy atom. The Hall–Kier alpha value is -1.95. The third-order valence-electron chi connectivity index (χ3n) is 5.76. The summed E-state index contributed by atoms with van der Waals surface area (Å²) in [6, 6.07) is 6.61. The monoisotopic (exact) mass is 375 g/mol. The molecule has 1 aromatic rings. The molecule has 0 aromatic heterocycles. The van der Waals surface area contributed by atoms with Crippen LogP contribution in [0.15, 0.2) is 18.2 Å². The SMILES string of the molecule is COc1ccc(CCN2CCN(C(=O)NC3CCCCC3)CC2)cc1OC. The van der Waals surface area contributed by atoms with Gasteiger partial charge in [-0.15, -0.1) is 0 Å². The van der Waals surface area contributed by atoms with Crippen molar-refractivity contribution in [3.63, 3.8) is 0 Å². The summed E-state index contributed by atoms with van der Waals surface area (Å²) < 4.78 is 10.7. The van der Waals surface area contributed by atoms with Crippen LogP contribution in [0.25, 0.3) is 0 Å². The quantitative estimate of drug-likeness (QED) is 0.831. The van der Waals surface area contributed by atoms with Crippen LogP contribution in [-0.2, 0) is 6.42 Å². The van der Waals surface area contributed by atoms with Crippen LogP contribution in [0.3, 0.4) is 0 Å². The minimum Gasteiger partial charge on any atom is -0.493 e. The Kier molecular flexibility index (Phi) is 7.21. The number of hydrogen-bond acceptors (Lipinski definition) is 4. The Morgan fingerprint density at radius 2 is 1.74 bits per heavy atom. The molecule has 2 aliphatic rings. The fraction of sp³-hybridized carbons (Fsp3) is 0.667. The fourth-order valence-electron chi connectivity index (χ4n) is 4.01. The molecule has 1 N–H and O–H groups in total. The number of methoxy groups -OCH3 is 2. The topological polar surface area (TPSA) is 54.0 Å². The zero-order valence-corrected chi connectivity index (χ0v) is 16.7. The first kappa shape index (κ1) is 19.8. The van der Waals surface area contributed by atoms with Gasteiger partial charge in [0.05, 0.1) is 14.2 Å².